The quantitative estimate of drug-likeness (QED) is 0.269. The van der Waals surface area contributed by atoms with E-state index in [0.29, 0.717) is 36.3 Å². The Balaban J connectivity index is 1.56. The SMILES string of the molecule is CCN(c1cc(-c2ccc(C3CCOCC3)c(NC=O)c2)cc(C(=O)NCc2c(C)cc(C)[nH]c2=O)c1C)C1CCN(C)CC1. The van der Waals surface area contributed by atoms with Crippen molar-refractivity contribution in [2.24, 2.45) is 0 Å². The molecular formula is C36H47N5O4. The third-order valence-electron chi connectivity index (χ3n) is 9.59. The molecule has 1 aromatic heterocycles. The predicted molar refractivity (Wildman–Crippen MR) is 180 cm³/mol. The Kier molecular flexibility index (Phi) is 10.4. The van der Waals surface area contributed by atoms with E-state index < -0.39 is 0 Å². The number of hydrogen-bond donors (Lipinski definition) is 3. The number of nitrogens with zero attached hydrogens (tertiary/aromatic N) is 2. The molecule has 2 aromatic carbocycles. The monoisotopic (exact) mass is 613 g/mol. The maximum absolute atomic E-state index is 13.9. The Morgan fingerprint density at radius 3 is 2.44 bits per heavy atom. The number of aromatic nitrogens is 1. The molecule has 0 atom stereocenters. The van der Waals surface area contributed by atoms with Crippen molar-refractivity contribution in [3.63, 3.8) is 0 Å². The van der Waals surface area contributed by atoms with E-state index in [1.165, 1.54) is 0 Å². The van der Waals surface area contributed by atoms with Gasteiger partial charge >= 0.3 is 0 Å². The number of carbonyl (C=O) groups excluding carboxylic acids is 2. The zero-order valence-corrected chi connectivity index (χ0v) is 27.3. The van der Waals surface area contributed by atoms with E-state index in [0.717, 1.165) is 96.6 Å². The number of hydrogen-bond acceptors (Lipinski definition) is 6. The summed E-state index contributed by atoms with van der Waals surface area (Å²) in [5.41, 5.74) is 8.28. The standard InChI is InChI=1S/C36H47N5O4/c1-6-41(29-9-13-40(5)14-10-29)34-20-28(27-7-8-30(33(19-27)38-22-42)26-11-15-45-16-12-26)18-31(25(34)4)35(43)37-21-32-23(2)17-24(3)39-36(32)44/h7-8,17-20,22,26,29H,6,9-16,21H2,1-5H3,(H,37,43)(H,38,42)(H,39,44). The van der Waals surface area contributed by atoms with E-state index >= 15 is 0 Å². The van der Waals surface area contributed by atoms with Gasteiger partial charge in [-0.15, -0.1) is 0 Å². The minimum absolute atomic E-state index is 0.138. The van der Waals surface area contributed by atoms with Crippen LogP contribution in [0.25, 0.3) is 11.1 Å². The van der Waals surface area contributed by atoms with Gasteiger partial charge in [0, 0.05) is 60.5 Å². The van der Waals surface area contributed by atoms with Crippen LogP contribution in [0.5, 0.6) is 0 Å². The molecule has 2 aliphatic rings. The molecule has 0 bridgehead atoms. The molecule has 0 aliphatic carbocycles. The largest absolute Gasteiger partial charge is 0.381 e. The summed E-state index contributed by atoms with van der Waals surface area (Å²) in [5.74, 6) is 0.0954. The molecule has 2 aliphatic heterocycles. The molecule has 9 heteroatoms. The molecule has 9 nitrogen and oxygen atoms in total. The van der Waals surface area contributed by atoms with E-state index in [1.807, 2.05) is 39.0 Å². The van der Waals surface area contributed by atoms with Crippen LogP contribution in [0, 0.1) is 20.8 Å². The average Bonchev–Trinajstić information content (AvgIpc) is 3.03. The number of benzene rings is 2. The number of nitrogens with one attached hydrogen (secondary N) is 3. The number of H-pyrrole nitrogens is 1. The van der Waals surface area contributed by atoms with Crippen LogP contribution in [0.2, 0.25) is 0 Å². The lowest BCUT2D eigenvalue weighted by atomic mass is 9.88. The fourth-order valence-electron chi connectivity index (χ4n) is 6.99. The molecule has 2 fully saturated rings. The van der Waals surface area contributed by atoms with Crippen molar-refractivity contribution in [1.82, 2.24) is 15.2 Å². The molecule has 0 unspecified atom stereocenters. The van der Waals surface area contributed by atoms with Gasteiger partial charge in [-0.25, -0.2) is 0 Å². The number of ether oxygens (including phenoxy) is 1. The second kappa shape index (κ2) is 14.4. The van der Waals surface area contributed by atoms with Gasteiger partial charge in [-0.3, -0.25) is 14.4 Å². The van der Waals surface area contributed by atoms with Crippen molar-refractivity contribution in [2.45, 2.75) is 71.9 Å². The van der Waals surface area contributed by atoms with Gasteiger partial charge in [0.05, 0.1) is 0 Å². The van der Waals surface area contributed by atoms with Gasteiger partial charge in [-0.05, 0) is 132 Å². The molecule has 0 radical (unpaired) electrons. The molecule has 240 valence electrons. The van der Waals surface area contributed by atoms with Crippen molar-refractivity contribution < 1.29 is 14.3 Å². The summed E-state index contributed by atoms with van der Waals surface area (Å²) < 4.78 is 5.57. The third-order valence-corrected chi connectivity index (χ3v) is 9.59. The zero-order valence-electron chi connectivity index (χ0n) is 27.3. The van der Waals surface area contributed by atoms with Crippen LogP contribution in [0.1, 0.15) is 76.8 Å². The molecule has 5 rings (SSSR count). The van der Waals surface area contributed by atoms with Crippen LogP contribution in [-0.4, -0.2) is 68.1 Å². The number of aromatic amines is 1. The van der Waals surface area contributed by atoms with Crippen LogP contribution in [0.15, 0.2) is 41.2 Å². The van der Waals surface area contributed by atoms with E-state index in [9.17, 15) is 14.4 Å². The summed E-state index contributed by atoms with van der Waals surface area (Å²) in [6.07, 6.45) is 4.67. The minimum Gasteiger partial charge on any atom is -0.381 e. The number of anilines is 2. The molecule has 2 amide bonds. The van der Waals surface area contributed by atoms with Crippen molar-refractivity contribution in [3.05, 3.63) is 80.3 Å². The van der Waals surface area contributed by atoms with E-state index in [2.05, 4.69) is 57.6 Å². The van der Waals surface area contributed by atoms with Gasteiger partial charge < -0.3 is 30.2 Å². The first-order valence-corrected chi connectivity index (χ1v) is 16.2. The van der Waals surface area contributed by atoms with E-state index in [-0.39, 0.29) is 18.0 Å². The average molecular weight is 614 g/mol. The maximum atomic E-state index is 13.9. The van der Waals surface area contributed by atoms with Gasteiger partial charge in [-0.2, -0.15) is 0 Å². The number of carbonyl (C=O) groups is 2. The number of piperidine rings is 1. The first-order valence-electron chi connectivity index (χ1n) is 16.2. The number of rotatable bonds is 10. The second-order valence-electron chi connectivity index (χ2n) is 12.6. The summed E-state index contributed by atoms with van der Waals surface area (Å²) >= 11 is 0. The number of likely N-dealkylation sites (tertiary alicyclic amines) is 1. The lowest BCUT2D eigenvalue weighted by Crippen LogP contribution is -2.44. The van der Waals surface area contributed by atoms with Crippen LogP contribution in [0.4, 0.5) is 11.4 Å². The van der Waals surface area contributed by atoms with Crippen LogP contribution >= 0.6 is 0 Å². The van der Waals surface area contributed by atoms with Crippen LogP contribution in [-0.2, 0) is 16.1 Å². The zero-order chi connectivity index (χ0) is 32.1. The van der Waals surface area contributed by atoms with Gasteiger partial charge in [-0.1, -0.05) is 12.1 Å². The van der Waals surface area contributed by atoms with Crippen LogP contribution in [0.3, 0.4) is 0 Å². The summed E-state index contributed by atoms with van der Waals surface area (Å²) in [6, 6.07) is 12.6. The van der Waals surface area contributed by atoms with Gasteiger partial charge in [0.15, 0.2) is 0 Å². The Bertz CT molecular complexity index is 1580. The fourth-order valence-corrected chi connectivity index (χ4v) is 6.99. The van der Waals surface area contributed by atoms with Crippen LogP contribution < -0.4 is 21.1 Å². The lowest BCUT2D eigenvalue weighted by Gasteiger charge is -2.39. The first kappa shape index (κ1) is 32.4. The third kappa shape index (κ3) is 7.31. The van der Waals surface area contributed by atoms with E-state index in [4.69, 9.17) is 4.74 Å². The highest BCUT2D eigenvalue weighted by molar-refractivity contribution is 5.99. The van der Waals surface area contributed by atoms with Crippen molar-refractivity contribution >= 4 is 23.7 Å². The van der Waals surface area contributed by atoms with Gasteiger partial charge in [0.2, 0.25) is 6.41 Å². The number of aryl methyl sites for hydroxylation is 2. The Hall–Kier alpha value is -3.95. The summed E-state index contributed by atoms with van der Waals surface area (Å²) in [4.78, 5) is 45.9. The van der Waals surface area contributed by atoms with Gasteiger partial charge in [0.1, 0.15) is 0 Å². The molecular weight excluding hydrogens is 566 g/mol. The molecule has 2 saturated heterocycles. The topological polar surface area (TPSA) is 107 Å². The highest BCUT2D eigenvalue weighted by Crippen LogP contribution is 2.38. The Labute approximate surface area is 266 Å². The van der Waals surface area contributed by atoms with Crippen molar-refractivity contribution in [3.8, 4) is 11.1 Å². The molecule has 0 saturated carbocycles. The maximum Gasteiger partial charge on any atom is 0.253 e. The van der Waals surface area contributed by atoms with Crippen molar-refractivity contribution in [2.75, 3.05) is 50.1 Å². The normalized spacial score (nSPS) is 16.4. The highest BCUT2D eigenvalue weighted by Gasteiger charge is 2.26. The smallest absolute Gasteiger partial charge is 0.253 e. The Morgan fingerprint density at radius 2 is 1.78 bits per heavy atom. The number of pyridine rings is 1. The molecule has 3 N–H and O–H groups in total. The predicted octanol–water partition coefficient (Wildman–Crippen LogP) is 5.28. The highest BCUT2D eigenvalue weighted by atomic mass is 16.5. The first-order chi connectivity index (χ1) is 21.7. The Morgan fingerprint density at radius 1 is 1.04 bits per heavy atom. The molecule has 3 heterocycles. The van der Waals surface area contributed by atoms with Gasteiger partial charge in [0.25, 0.3) is 11.5 Å². The van der Waals surface area contributed by atoms with Crippen molar-refractivity contribution in [1.29, 1.82) is 0 Å². The summed E-state index contributed by atoms with van der Waals surface area (Å²) in [6.45, 7) is 12.4. The molecule has 0 spiro atoms. The molecule has 3 aromatic rings. The summed E-state index contributed by atoms with van der Waals surface area (Å²) in [7, 11) is 2.16. The number of amides is 2. The van der Waals surface area contributed by atoms with E-state index in [1.54, 1.807) is 0 Å². The lowest BCUT2D eigenvalue weighted by molar-refractivity contribution is -0.105. The molecule has 45 heavy (non-hydrogen) atoms. The fraction of sp³-hybridized carbons (Fsp3) is 0.472. The minimum atomic E-state index is -0.223. The second-order valence-corrected chi connectivity index (χ2v) is 12.6. The summed E-state index contributed by atoms with van der Waals surface area (Å²) in [5, 5.41) is 5.98.